The molecule has 0 saturated carbocycles. The van der Waals surface area contributed by atoms with Crippen molar-refractivity contribution in [3.8, 4) is 5.69 Å². The lowest BCUT2D eigenvalue weighted by Gasteiger charge is -2.17. The first-order valence-corrected chi connectivity index (χ1v) is 11.7. The van der Waals surface area contributed by atoms with E-state index in [4.69, 9.17) is 5.11 Å². The monoisotopic (exact) mass is 486 g/mol. The Labute approximate surface area is 206 Å². The van der Waals surface area contributed by atoms with E-state index in [1.807, 2.05) is 12.1 Å². The van der Waals surface area contributed by atoms with E-state index in [0.29, 0.717) is 29.0 Å². The van der Waals surface area contributed by atoms with Gasteiger partial charge in [-0.2, -0.15) is 0 Å². The van der Waals surface area contributed by atoms with Gasteiger partial charge in [0.05, 0.1) is 22.9 Å². The van der Waals surface area contributed by atoms with Gasteiger partial charge in [-0.05, 0) is 61.4 Å². The van der Waals surface area contributed by atoms with E-state index in [-0.39, 0.29) is 11.7 Å². The van der Waals surface area contributed by atoms with Crippen LogP contribution < -0.4 is 11.0 Å². The van der Waals surface area contributed by atoms with Crippen molar-refractivity contribution in [3.63, 3.8) is 0 Å². The van der Waals surface area contributed by atoms with Crippen LogP contribution in [0.3, 0.4) is 0 Å². The normalized spacial score (nSPS) is 15.9. The van der Waals surface area contributed by atoms with Crippen LogP contribution in [0.5, 0.6) is 0 Å². The number of aliphatic carboxylic acids is 1. The van der Waals surface area contributed by atoms with E-state index < -0.39 is 18.4 Å². The van der Waals surface area contributed by atoms with Gasteiger partial charge in [0.1, 0.15) is 6.54 Å². The average Bonchev–Trinajstić information content (AvgIpc) is 3.45. The van der Waals surface area contributed by atoms with E-state index >= 15 is 0 Å². The van der Waals surface area contributed by atoms with Crippen molar-refractivity contribution in [2.24, 2.45) is 0 Å². The summed E-state index contributed by atoms with van der Waals surface area (Å²) in [6.45, 7) is 3.90. The highest BCUT2D eigenvalue weighted by molar-refractivity contribution is 5.96. The number of hydrogen-bond acceptors (Lipinski definition) is 6. The summed E-state index contributed by atoms with van der Waals surface area (Å²) in [5.41, 5.74) is 4.22. The quantitative estimate of drug-likeness (QED) is 0.410. The number of likely N-dealkylation sites (tertiary alicyclic amines) is 1. The Kier molecular flexibility index (Phi) is 6.34. The summed E-state index contributed by atoms with van der Waals surface area (Å²) in [6.07, 6.45) is 4.31. The molecule has 1 atom stereocenters. The van der Waals surface area contributed by atoms with Crippen molar-refractivity contribution >= 4 is 23.0 Å². The largest absolute Gasteiger partial charge is 0.480 e. The standard InChI is InChI=1S/C26H26N6O4/c1-17-4-2-11-27-21(17)16-30-13-10-20(15-30)32-24-22(5-3-12-28-24)31(26(32)36)19-8-6-18(7-9-19)25(35)29-14-23(33)34/h2-9,11-12,20H,10,13-16H2,1H3,(H,29,35)(H,33,34)/t20-/m0/s1. The highest BCUT2D eigenvalue weighted by atomic mass is 16.4. The predicted molar refractivity (Wildman–Crippen MR) is 133 cm³/mol. The molecule has 1 fully saturated rings. The Morgan fingerprint density at radius 2 is 1.83 bits per heavy atom. The van der Waals surface area contributed by atoms with Gasteiger partial charge >= 0.3 is 11.7 Å². The molecule has 10 heteroatoms. The third kappa shape index (κ3) is 4.50. The summed E-state index contributed by atoms with van der Waals surface area (Å²) >= 11 is 0. The van der Waals surface area contributed by atoms with Gasteiger partial charge in [0.25, 0.3) is 5.91 Å². The van der Waals surface area contributed by atoms with Crippen molar-refractivity contribution < 1.29 is 14.7 Å². The number of benzene rings is 1. The number of hydrogen-bond donors (Lipinski definition) is 2. The summed E-state index contributed by atoms with van der Waals surface area (Å²) in [7, 11) is 0. The number of carbonyl (C=O) groups is 2. The summed E-state index contributed by atoms with van der Waals surface area (Å²) in [4.78, 5) is 47.9. The van der Waals surface area contributed by atoms with Gasteiger partial charge < -0.3 is 10.4 Å². The number of aryl methyl sites for hydroxylation is 1. The third-order valence-electron chi connectivity index (χ3n) is 6.52. The van der Waals surface area contributed by atoms with Gasteiger partial charge in [0.2, 0.25) is 0 Å². The molecule has 2 N–H and O–H groups in total. The molecule has 0 bridgehead atoms. The zero-order valence-corrected chi connectivity index (χ0v) is 19.8. The number of nitrogens with one attached hydrogen (secondary N) is 1. The Bertz CT molecular complexity index is 1490. The molecule has 1 aliphatic rings. The Morgan fingerprint density at radius 1 is 1.08 bits per heavy atom. The van der Waals surface area contributed by atoms with Crippen LogP contribution in [-0.2, 0) is 11.3 Å². The van der Waals surface area contributed by atoms with E-state index in [1.165, 1.54) is 0 Å². The summed E-state index contributed by atoms with van der Waals surface area (Å²) < 4.78 is 3.38. The fourth-order valence-corrected chi connectivity index (χ4v) is 4.71. The number of rotatable bonds is 7. The predicted octanol–water partition coefficient (Wildman–Crippen LogP) is 2.15. The number of pyridine rings is 2. The number of fused-ring (bicyclic) bond motifs is 1. The topological polar surface area (TPSA) is 122 Å². The maximum absolute atomic E-state index is 13.7. The highest BCUT2D eigenvalue weighted by Gasteiger charge is 2.29. The molecule has 36 heavy (non-hydrogen) atoms. The van der Waals surface area contributed by atoms with Crippen molar-refractivity contribution in [3.05, 3.63) is 88.2 Å². The molecular formula is C26H26N6O4. The summed E-state index contributed by atoms with van der Waals surface area (Å²) in [5, 5.41) is 11.1. The van der Waals surface area contributed by atoms with Gasteiger partial charge in [0.15, 0.2) is 5.65 Å². The van der Waals surface area contributed by atoms with Gasteiger partial charge in [-0.3, -0.25) is 28.6 Å². The summed E-state index contributed by atoms with van der Waals surface area (Å²) in [5.74, 6) is -1.61. The zero-order valence-electron chi connectivity index (χ0n) is 19.8. The van der Waals surface area contributed by atoms with Gasteiger partial charge in [-0.25, -0.2) is 9.78 Å². The lowest BCUT2D eigenvalue weighted by atomic mass is 10.2. The van der Waals surface area contributed by atoms with Gasteiger partial charge in [-0.15, -0.1) is 0 Å². The van der Waals surface area contributed by atoms with Gasteiger partial charge in [0, 0.05) is 37.6 Å². The second-order valence-corrected chi connectivity index (χ2v) is 8.90. The minimum absolute atomic E-state index is 0.0266. The number of amides is 1. The van der Waals surface area contributed by atoms with Crippen LogP contribution in [0.1, 0.15) is 34.1 Å². The minimum atomic E-state index is -1.12. The van der Waals surface area contributed by atoms with Gasteiger partial charge in [-0.1, -0.05) is 6.07 Å². The number of carboxylic acid groups (broad SMARTS) is 1. The fraction of sp³-hybridized carbons (Fsp3) is 0.269. The molecular weight excluding hydrogens is 460 g/mol. The molecule has 1 aliphatic heterocycles. The number of aromatic nitrogens is 4. The van der Waals surface area contributed by atoms with E-state index in [0.717, 1.165) is 30.8 Å². The molecule has 10 nitrogen and oxygen atoms in total. The maximum atomic E-state index is 13.7. The van der Waals surface area contributed by atoms with Crippen molar-refractivity contribution in [1.82, 2.24) is 29.3 Å². The second kappa shape index (κ2) is 9.74. The number of carboxylic acids is 1. The Morgan fingerprint density at radius 3 is 2.58 bits per heavy atom. The minimum Gasteiger partial charge on any atom is -0.480 e. The molecule has 1 amide bonds. The summed E-state index contributed by atoms with van der Waals surface area (Å²) in [6, 6.07) is 14.1. The lowest BCUT2D eigenvalue weighted by Crippen LogP contribution is -2.30. The molecule has 184 valence electrons. The molecule has 1 saturated heterocycles. The smallest absolute Gasteiger partial charge is 0.335 e. The third-order valence-corrected chi connectivity index (χ3v) is 6.52. The lowest BCUT2D eigenvalue weighted by molar-refractivity contribution is -0.135. The van der Waals surface area contributed by atoms with E-state index in [9.17, 15) is 14.4 Å². The molecule has 1 aromatic carbocycles. The SMILES string of the molecule is Cc1cccnc1CN1CC[C@H](n2c(=O)n(-c3ccc(C(=O)NCC(=O)O)cc3)c3cccnc32)C1. The number of nitrogens with zero attached hydrogens (tertiary/aromatic N) is 5. The fourth-order valence-electron chi connectivity index (χ4n) is 4.71. The van der Waals surface area contributed by atoms with Crippen LogP contribution >= 0.6 is 0 Å². The highest BCUT2D eigenvalue weighted by Crippen LogP contribution is 2.26. The van der Waals surface area contributed by atoms with E-state index in [2.05, 4.69) is 33.2 Å². The average molecular weight is 487 g/mol. The van der Waals surface area contributed by atoms with Crippen LogP contribution in [0.25, 0.3) is 16.9 Å². The molecule has 4 aromatic rings. The van der Waals surface area contributed by atoms with Crippen molar-refractivity contribution in [2.75, 3.05) is 19.6 Å². The first-order chi connectivity index (χ1) is 17.4. The van der Waals surface area contributed by atoms with Crippen LogP contribution in [-0.4, -0.2) is 60.6 Å². The van der Waals surface area contributed by atoms with Crippen molar-refractivity contribution in [1.29, 1.82) is 0 Å². The van der Waals surface area contributed by atoms with Crippen LogP contribution in [0.2, 0.25) is 0 Å². The zero-order chi connectivity index (χ0) is 25.2. The van der Waals surface area contributed by atoms with Crippen molar-refractivity contribution in [2.45, 2.75) is 25.9 Å². The first-order valence-electron chi connectivity index (χ1n) is 11.7. The molecule has 4 heterocycles. The molecule has 5 rings (SSSR count). The number of carbonyl (C=O) groups excluding carboxylic acids is 1. The van der Waals surface area contributed by atoms with Crippen LogP contribution in [0.4, 0.5) is 0 Å². The molecule has 3 aromatic heterocycles. The maximum Gasteiger partial charge on any atom is 0.335 e. The van der Waals surface area contributed by atoms with E-state index in [1.54, 1.807) is 51.9 Å². The Balaban J connectivity index is 1.43. The molecule has 0 radical (unpaired) electrons. The molecule has 0 unspecified atom stereocenters. The Hall–Kier alpha value is -4.31. The van der Waals surface area contributed by atoms with Crippen LogP contribution in [0, 0.1) is 6.92 Å². The van der Waals surface area contributed by atoms with Crippen LogP contribution in [0.15, 0.2) is 65.7 Å². The molecule has 0 aliphatic carbocycles. The second-order valence-electron chi connectivity index (χ2n) is 8.90. The number of imidazole rings is 1. The molecule has 0 spiro atoms. The first kappa shape index (κ1) is 23.4.